The molecule has 0 amide bonds. The molecule has 1 aliphatic rings. The fourth-order valence-corrected chi connectivity index (χ4v) is 2.50. The molecule has 6 N–H and O–H groups in total. The minimum atomic E-state index is -1.50. The predicted octanol–water partition coefficient (Wildman–Crippen LogP) is 1.07. The molecule has 2 rings (SSSR count). The van der Waals surface area contributed by atoms with Crippen molar-refractivity contribution >= 4 is 23.1 Å². The van der Waals surface area contributed by atoms with E-state index in [-0.39, 0.29) is 23.9 Å². The van der Waals surface area contributed by atoms with E-state index < -0.39 is 5.79 Å². The van der Waals surface area contributed by atoms with E-state index in [1.165, 1.54) is 13.8 Å². The van der Waals surface area contributed by atoms with Gasteiger partial charge in [-0.3, -0.25) is 0 Å². The molecular formula is C15H27ClN4O4. The van der Waals surface area contributed by atoms with Crippen LogP contribution in [0.1, 0.15) is 38.9 Å². The second-order valence-corrected chi connectivity index (χ2v) is 6.55. The number of hydrogen-bond donors (Lipinski definition) is 5. The van der Waals surface area contributed by atoms with Gasteiger partial charge in [0, 0.05) is 6.04 Å². The summed E-state index contributed by atoms with van der Waals surface area (Å²) in [6, 6.07) is 0.261. The molecule has 1 aromatic heterocycles. The SMILES string of the molecule is CC(C)(O)O.Cc1nc(Cl)c(N)c(NC2CCC(OCCO)C2)n1. The minimum Gasteiger partial charge on any atom is -0.394 e. The third-order valence-electron chi connectivity index (χ3n) is 3.18. The summed E-state index contributed by atoms with van der Waals surface area (Å²) in [5, 5.41) is 28.5. The molecule has 1 aromatic rings. The fourth-order valence-electron chi connectivity index (χ4n) is 2.29. The Morgan fingerprint density at radius 3 is 2.54 bits per heavy atom. The Kier molecular flexibility index (Phi) is 8.11. The zero-order valence-electron chi connectivity index (χ0n) is 14.3. The van der Waals surface area contributed by atoms with Gasteiger partial charge in [0.25, 0.3) is 0 Å². The maximum atomic E-state index is 8.74. The van der Waals surface area contributed by atoms with E-state index in [1.54, 1.807) is 6.92 Å². The Morgan fingerprint density at radius 1 is 1.33 bits per heavy atom. The molecular weight excluding hydrogens is 336 g/mol. The summed E-state index contributed by atoms with van der Waals surface area (Å²) in [7, 11) is 0. The number of hydrogen-bond acceptors (Lipinski definition) is 8. The van der Waals surface area contributed by atoms with Crippen molar-refractivity contribution in [3.8, 4) is 0 Å². The molecule has 0 bridgehead atoms. The van der Waals surface area contributed by atoms with Gasteiger partial charge >= 0.3 is 0 Å². The summed E-state index contributed by atoms with van der Waals surface area (Å²) in [5.41, 5.74) is 6.24. The third kappa shape index (κ3) is 8.07. The van der Waals surface area contributed by atoms with Gasteiger partial charge in [-0.05, 0) is 40.0 Å². The molecule has 1 aliphatic carbocycles. The van der Waals surface area contributed by atoms with Gasteiger partial charge in [0.1, 0.15) is 11.5 Å². The molecule has 1 fully saturated rings. The number of aryl methyl sites for hydroxylation is 1. The van der Waals surface area contributed by atoms with E-state index in [0.29, 0.717) is 23.9 Å². The van der Waals surface area contributed by atoms with Gasteiger partial charge in [0.2, 0.25) is 0 Å². The van der Waals surface area contributed by atoms with Crippen LogP contribution in [0.3, 0.4) is 0 Å². The number of ether oxygens (including phenoxy) is 1. The molecule has 24 heavy (non-hydrogen) atoms. The van der Waals surface area contributed by atoms with Gasteiger partial charge in [-0.1, -0.05) is 11.6 Å². The Hall–Kier alpha value is -1.19. The minimum absolute atomic E-state index is 0.0578. The number of nitrogens with one attached hydrogen (secondary N) is 1. The van der Waals surface area contributed by atoms with Crippen molar-refractivity contribution in [3.63, 3.8) is 0 Å². The van der Waals surface area contributed by atoms with Crippen LogP contribution in [0.4, 0.5) is 11.5 Å². The van der Waals surface area contributed by atoms with Crippen molar-refractivity contribution in [1.29, 1.82) is 0 Å². The first kappa shape index (κ1) is 20.9. The van der Waals surface area contributed by atoms with Crippen LogP contribution < -0.4 is 11.1 Å². The number of aliphatic hydroxyl groups excluding tert-OH is 1. The van der Waals surface area contributed by atoms with Crippen LogP contribution in [0.2, 0.25) is 5.15 Å². The zero-order chi connectivity index (χ0) is 18.3. The number of nitrogens with zero attached hydrogens (tertiary/aromatic N) is 2. The monoisotopic (exact) mass is 362 g/mol. The molecule has 0 spiro atoms. The van der Waals surface area contributed by atoms with E-state index in [4.69, 9.17) is 37.4 Å². The largest absolute Gasteiger partial charge is 0.394 e. The molecule has 0 aliphatic heterocycles. The van der Waals surface area contributed by atoms with E-state index in [0.717, 1.165) is 19.3 Å². The van der Waals surface area contributed by atoms with Crippen LogP contribution in [-0.4, -0.2) is 56.4 Å². The van der Waals surface area contributed by atoms with E-state index in [9.17, 15) is 0 Å². The van der Waals surface area contributed by atoms with Gasteiger partial charge in [0.15, 0.2) is 16.8 Å². The highest BCUT2D eigenvalue weighted by molar-refractivity contribution is 6.32. The van der Waals surface area contributed by atoms with E-state index >= 15 is 0 Å². The van der Waals surface area contributed by atoms with Gasteiger partial charge in [-0.25, -0.2) is 9.97 Å². The number of aromatic nitrogens is 2. The van der Waals surface area contributed by atoms with Gasteiger partial charge in [-0.15, -0.1) is 0 Å². The average molecular weight is 363 g/mol. The van der Waals surface area contributed by atoms with Crippen LogP contribution >= 0.6 is 11.6 Å². The second kappa shape index (κ2) is 9.33. The van der Waals surface area contributed by atoms with Crippen LogP contribution in [0, 0.1) is 6.92 Å². The lowest BCUT2D eigenvalue weighted by Gasteiger charge is -2.16. The smallest absolute Gasteiger partial charge is 0.157 e. The van der Waals surface area contributed by atoms with Crippen molar-refractivity contribution in [3.05, 3.63) is 11.0 Å². The van der Waals surface area contributed by atoms with Crippen LogP contribution in [0.25, 0.3) is 0 Å². The van der Waals surface area contributed by atoms with Crippen molar-refractivity contribution < 1.29 is 20.1 Å². The van der Waals surface area contributed by atoms with Crippen LogP contribution in [0.15, 0.2) is 0 Å². The standard InChI is InChI=1S/C12H19ClN4O2.C3H8O2/c1-7-15-11(13)10(14)12(16-7)17-8-2-3-9(6-8)19-5-4-18;1-3(2,4)5/h8-9,18H,2-6,14H2,1H3,(H,15,16,17);4-5H,1-2H3. The normalized spacial score (nSPS) is 20.5. The Labute approximate surface area is 147 Å². The Balaban J connectivity index is 0.000000505. The lowest BCUT2D eigenvalue weighted by atomic mass is 10.2. The third-order valence-corrected chi connectivity index (χ3v) is 3.47. The highest BCUT2D eigenvalue weighted by Crippen LogP contribution is 2.29. The molecule has 138 valence electrons. The van der Waals surface area contributed by atoms with E-state index in [1.807, 2.05) is 0 Å². The summed E-state index contributed by atoms with van der Waals surface area (Å²) in [6.07, 6.45) is 3.01. The topological polar surface area (TPSA) is 134 Å². The van der Waals surface area contributed by atoms with E-state index in [2.05, 4.69) is 15.3 Å². The summed E-state index contributed by atoms with van der Waals surface area (Å²) in [5.74, 6) is -0.321. The number of halogens is 1. The maximum absolute atomic E-state index is 8.74. The van der Waals surface area contributed by atoms with Crippen molar-refractivity contribution in [2.45, 2.75) is 58.0 Å². The number of nitrogen functional groups attached to an aromatic ring is 1. The summed E-state index contributed by atoms with van der Waals surface area (Å²) in [4.78, 5) is 8.27. The van der Waals surface area contributed by atoms with Crippen molar-refractivity contribution in [2.24, 2.45) is 0 Å². The predicted molar refractivity (Wildman–Crippen MR) is 92.8 cm³/mol. The van der Waals surface area contributed by atoms with Crippen molar-refractivity contribution in [1.82, 2.24) is 9.97 Å². The van der Waals surface area contributed by atoms with Crippen molar-refractivity contribution in [2.75, 3.05) is 24.3 Å². The first-order valence-electron chi connectivity index (χ1n) is 7.83. The zero-order valence-corrected chi connectivity index (χ0v) is 15.0. The molecule has 1 heterocycles. The first-order chi connectivity index (χ1) is 11.1. The summed E-state index contributed by atoms with van der Waals surface area (Å²) in [6.45, 7) is 4.82. The van der Waals surface area contributed by atoms with Crippen LogP contribution in [0.5, 0.6) is 0 Å². The highest BCUT2D eigenvalue weighted by atomic mass is 35.5. The first-order valence-corrected chi connectivity index (χ1v) is 8.21. The fraction of sp³-hybridized carbons (Fsp3) is 0.733. The molecule has 1 saturated carbocycles. The lowest BCUT2D eigenvalue weighted by molar-refractivity contribution is -0.127. The second-order valence-electron chi connectivity index (χ2n) is 6.19. The number of anilines is 2. The highest BCUT2D eigenvalue weighted by Gasteiger charge is 2.26. The number of nitrogens with two attached hydrogens (primary N) is 1. The molecule has 0 aromatic carbocycles. The molecule has 2 unspecified atom stereocenters. The average Bonchev–Trinajstić information content (AvgIpc) is 2.88. The maximum Gasteiger partial charge on any atom is 0.157 e. The lowest BCUT2D eigenvalue weighted by Crippen LogP contribution is -2.20. The van der Waals surface area contributed by atoms with Crippen LogP contribution in [-0.2, 0) is 4.74 Å². The molecule has 8 nitrogen and oxygen atoms in total. The number of aliphatic hydroxyl groups is 3. The Bertz CT molecular complexity index is 519. The van der Waals surface area contributed by atoms with Gasteiger partial charge in [0.05, 0.1) is 19.3 Å². The van der Waals surface area contributed by atoms with Gasteiger partial charge < -0.3 is 31.1 Å². The van der Waals surface area contributed by atoms with Gasteiger partial charge in [-0.2, -0.15) is 0 Å². The quantitative estimate of drug-likeness (QED) is 0.388. The molecule has 0 radical (unpaired) electrons. The number of rotatable bonds is 5. The summed E-state index contributed by atoms with van der Waals surface area (Å²) >= 11 is 5.93. The molecule has 9 heteroatoms. The molecule has 2 atom stereocenters. The molecule has 0 saturated heterocycles. The summed E-state index contributed by atoms with van der Waals surface area (Å²) < 4.78 is 5.52. The Morgan fingerprint density at radius 2 is 1.96 bits per heavy atom.